The van der Waals surface area contributed by atoms with Crippen molar-refractivity contribution in [3.63, 3.8) is 0 Å². The van der Waals surface area contributed by atoms with Crippen LogP contribution in [0.2, 0.25) is 0 Å². The first-order valence-electron chi connectivity index (χ1n) is 2.73. The van der Waals surface area contributed by atoms with E-state index in [2.05, 4.69) is 11.3 Å². The number of hydrogen-bond donors (Lipinski definition) is 1. The number of carboxylic acid groups (broad SMARTS) is 1. The fourth-order valence-corrected chi connectivity index (χ4v) is 0.699. The van der Waals surface area contributed by atoms with E-state index in [1.54, 1.807) is 0 Å². The van der Waals surface area contributed by atoms with Crippen molar-refractivity contribution in [1.82, 2.24) is 0 Å². The molecule has 0 aromatic carbocycles. The molecular formula is C6H6O4. The molecule has 0 aliphatic carbocycles. The molecule has 1 rings (SSSR count). The van der Waals surface area contributed by atoms with Crippen LogP contribution in [0.15, 0.2) is 12.2 Å². The number of aliphatic carboxylic acids is 1. The first-order chi connectivity index (χ1) is 4.61. The molecule has 1 heterocycles. The van der Waals surface area contributed by atoms with Gasteiger partial charge in [0.2, 0.25) is 6.10 Å². The van der Waals surface area contributed by atoms with E-state index in [9.17, 15) is 9.59 Å². The lowest BCUT2D eigenvalue weighted by atomic mass is 10.2. The van der Waals surface area contributed by atoms with E-state index in [0.29, 0.717) is 0 Å². The summed E-state index contributed by atoms with van der Waals surface area (Å²) < 4.78 is 4.40. The van der Waals surface area contributed by atoms with Crippen LogP contribution >= 0.6 is 0 Å². The Balaban J connectivity index is 2.66. The Morgan fingerprint density at radius 3 is 2.60 bits per heavy atom. The van der Waals surface area contributed by atoms with Crippen molar-refractivity contribution in [1.29, 1.82) is 0 Å². The Labute approximate surface area is 57.1 Å². The van der Waals surface area contributed by atoms with Gasteiger partial charge in [-0.25, -0.2) is 9.59 Å². The molecule has 0 bridgehead atoms. The number of hydrogen-bond acceptors (Lipinski definition) is 3. The Morgan fingerprint density at radius 2 is 2.40 bits per heavy atom. The van der Waals surface area contributed by atoms with Gasteiger partial charge in [-0.1, -0.05) is 6.58 Å². The van der Waals surface area contributed by atoms with E-state index in [4.69, 9.17) is 5.11 Å². The van der Waals surface area contributed by atoms with Crippen molar-refractivity contribution in [2.24, 2.45) is 0 Å². The molecule has 0 radical (unpaired) electrons. The third-order valence-corrected chi connectivity index (χ3v) is 1.25. The van der Waals surface area contributed by atoms with Crippen molar-refractivity contribution in [3.05, 3.63) is 12.2 Å². The molecule has 1 fully saturated rings. The molecular weight excluding hydrogens is 136 g/mol. The molecule has 1 saturated heterocycles. The molecule has 0 amide bonds. The quantitative estimate of drug-likeness (QED) is 0.411. The first kappa shape index (κ1) is 6.80. The average Bonchev–Trinajstić information content (AvgIpc) is 2.13. The molecule has 0 spiro atoms. The summed E-state index contributed by atoms with van der Waals surface area (Å²) in [6.07, 6.45) is -0.909. The van der Waals surface area contributed by atoms with Gasteiger partial charge in [0, 0.05) is 12.0 Å². The molecule has 0 saturated carbocycles. The minimum Gasteiger partial charge on any atom is -0.478 e. The lowest BCUT2D eigenvalue weighted by molar-refractivity contribution is -0.156. The second-order valence-corrected chi connectivity index (χ2v) is 2.04. The van der Waals surface area contributed by atoms with Gasteiger partial charge in [-0.2, -0.15) is 0 Å². The second-order valence-electron chi connectivity index (χ2n) is 2.04. The Bertz CT molecular complexity index is 190. The van der Waals surface area contributed by atoms with Crippen LogP contribution in [0.3, 0.4) is 0 Å². The van der Waals surface area contributed by atoms with Crippen LogP contribution < -0.4 is 0 Å². The minimum atomic E-state index is -1.12. The highest BCUT2D eigenvalue weighted by Crippen LogP contribution is 2.17. The largest absolute Gasteiger partial charge is 0.478 e. The zero-order chi connectivity index (χ0) is 7.72. The molecule has 1 aliphatic rings. The highest BCUT2D eigenvalue weighted by Gasteiger charge is 2.32. The van der Waals surface area contributed by atoms with Crippen molar-refractivity contribution < 1.29 is 19.4 Å². The molecule has 0 unspecified atom stereocenters. The lowest BCUT2D eigenvalue weighted by Gasteiger charge is -1.98. The summed E-state index contributed by atoms with van der Waals surface area (Å²) in [6, 6.07) is 0. The van der Waals surface area contributed by atoms with E-state index in [1.807, 2.05) is 0 Å². The molecule has 0 aromatic heterocycles. The van der Waals surface area contributed by atoms with Crippen molar-refractivity contribution in [2.45, 2.75) is 12.5 Å². The average molecular weight is 142 g/mol. The number of carboxylic acids is 1. The fraction of sp³-hybridized carbons (Fsp3) is 0.333. The summed E-state index contributed by atoms with van der Waals surface area (Å²) >= 11 is 0. The Morgan fingerprint density at radius 1 is 1.80 bits per heavy atom. The van der Waals surface area contributed by atoms with Crippen LogP contribution in [-0.2, 0) is 14.3 Å². The van der Waals surface area contributed by atoms with E-state index in [1.165, 1.54) is 0 Å². The van der Waals surface area contributed by atoms with Crippen LogP contribution in [0, 0.1) is 0 Å². The van der Waals surface area contributed by atoms with E-state index < -0.39 is 18.0 Å². The van der Waals surface area contributed by atoms with Gasteiger partial charge in [-0.3, -0.25) is 0 Å². The number of carbonyl (C=O) groups is 2. The molecule has 1 atom stereocenters. The van der Waals surface area contributed by atoms with Gasteiger partial charge < -0.3 is 9.84 Å². The van der Waals surface area contributed by atoms with Crippen LogP contribution in [0.5, 0.6) is 0 Å². The number of esters is 1. The zero-order valence-electron chi connectivity index (χ0n) is 5.16. The molecule has 54 valence electrons. The number of ether oxygens (including phenoxy) is 1. The minimum absolute atomic E-state index is 0.105. The summed E-state index contributed by atoms with van der Waals surface area (Å²) in [4.78, 5) is 20.7. The third kappa shape index (κ3) is 1.00. The smallest absolute Gasteiger partial charge is 0.345 e. The van der Waals surface area contributed by atoms with Gasteiger partial charge in [0.25, 0.3) is 0 Å². The summed E-state index contributed by atoms with van der Waals surface area (Å²) in [5.74, 6) is -1.72. The summed E-state index contributed by atoms with van der Waals surface area (Å²) in [5.41, 5.74) is 0.229. The van der Waals surface area contributed by atoms with Gasteiger partial charge >= 0.3 is 11.9 Å². The van der Waals surface area contributed by atoms with Crippen LogP contribution in [0.4, 0.5) is 0 Å². The summed E-state index contributed by atoms with van der Waals surface area (Å²) in [7, 11) is 0. The molecule has 4 heteroatoms. The highest BCUT2D eigenvalue weighted by molar-refractivity contribution is 5.94. The second kappa shape index (κ2) is 2.13. The van der Waals surface area contributed by atoms with E-state index >= 15 is 0 Å². The number of carbonyl (C=O) groups excluding carboxylic acids is 1. The van der Waals surface area contributed by atoms with Gasteiger partial charge in [0.1, 0.15) is 0 Å². The Kier molecular flexibility index (Phi) is 1.45. The summed E-state index contributed by atoms with van der Waals surface area (Å²) in [6.45, 7) is 3.33. The fourth-order valence-electron chi connectivity index (χ4n) is 0.699. The van der Waals surface area contributed by atoms with Crippen molar-refractivity contribution >= 4 is 11.9 Å². The molecule has 0 aromatic rings. The maximum absolute atomic E-state index is 10.5. The highest BCUT2D eigenvalue weighted by atomic mass is 16.6. The predicted octanol–water partition coefficient (Wildman–Crippen LogP) is -0.0573. The number of rotatable bonds is 1. The Hall–Kier alpha value is -1.32. The maximum Gasteiger partial charge on any atom is 0.345 e. The molecule has 1 N–H and O–H groups in total. The SMILES string of the molecule is C=C1C[C@@H](C(=O)O)OC1=O. The van der Waals surface area contributed by atoms with Gasteiger partial charge in [0.15, 0.2) is 0 Å². The molecule has 1 aliphatic heterocycles. The summed E-state index contributed by atoms with van der Waals surface area (Å²) in [5, 5.41) is 8.33. The van der Waals surface area contributed by atoms with Crippen LogP contribution in [0.1, 0.15) is 6.42 Å². The van der Waals surface area contributed by atoms with Gasteiger partial charge in [0.05, 0.1) is 0 Å². The van der Waals surface area contributed by atoms with E-state index in [0.717, 1.165) is 0 Å². The molecule has 10 heavy (non-hydrogen) atoms. The van der Waals surface area contributed by atoms with Crippen LogP contribution in [0.25, 0.3) is 0 Å². The van der Waals surface area contributed by atoms with Gasteiger partial charge in [-0.05, 0) is 0 Å². The third-order valence-electron chi connectivity index (χ3n) is 1.25. The monoisotopic (exact) mass is 142 g/mol. The standard InChI is InChI=1S/C6H6O4/c1-3-2-4(5(7)8)10-6(3)9/h4H,1-2H2,(H,7,8)/t4-/m0/s1. The van der Waals surface area contributed by atoms with E-state index in [-0.39, 0.29) is 12.0 Å². The van der Waals surface area contributed by atoms with Crippen molar-refractivity contribution in [2.75, 3.05) is 0 Å². The molecule has 4 nitrogen and oxygen atoms in total. The van der Waals surface area contributed by atoms with Crippen molar-refractivity contribution in [3.8, 4) is 0 Å². The van der Waals surface area contributed by atoms with Gasteiger partial charge in [-0.15, -0.1) is 0 Å². The maximum atomic E-state index is 10.5. The van der Waals surface area contributed by atoms with Crippen LogP contribution in [-0.4, -0.2) is 23.1 Å². The lowest BCUT2D eigenvalue weighted by Crippen LogP contribution is -2.18. The first-order valence-corrected chi connectivity index (χ1v) is 2.73. The predicted molar refractivity (Wildman–Crippen MR) is 31.3 cm³/mol. The topological polar surface area (TPSA) is 63.6 Å². The zero-order valence-corrected chi connectivity index (χ0v) is 5.16. The number of cyclic esters (lactones) is 1. The normalized spacial score (nSPS) is 24.6.